The Bertz CT molecular complexity index is 871. The van der Waals surface area contributed by atoms with Crippen molar-refractivity contribution in [2.45, 2.75) is 19.8 Å². The summed E-state index contributed by atoms with van der Waals surface area (Å²) in [5, 5.41) is 2.85. The number of anilines is 1. The summed E-state index contributed by atoms with van der Waals surface area (Å²) >= 11 is 0. The van der Waals surface area contributed by atoms with Crippen molar-refractivity contribution in [3.8, 4) is 11.3 Å². The molecule has 1 heterocycles. The summed E-state index contributed by atoms with van der Waals surface area (Å²) in [6.07, 6.45) is 1.50. The van der Waals surface area contributed by atoms with E-state index in [0.29, 0.717) is 22.7 Å². The van der Waals surface area contributed by atoms with E-state index >= 15 is 0 Å². The predicted molar refractivity (Wildman–Crippen MR) is 98.1 cm³/mol. The number of carbonyl (C=O) groups is 1. The highest BCUT2D eigenvalue weighted by atomic mass is 19.1. The van der Waals surface area contributed by atoms with Crippen molar-refractivity contribution in [1.82, 2.24) is 4.98 Å². The van der Waals surface area contributed by atoms with Crippen LogP contribution in [0.5, 0.6) is 0 Å². The smallest absolute Gasteiger partial charge is 0.257 e. The van der Waals surface area contributed by atoms with Gasteiger partial charge >= 0.3 is 0 Å². The third kappa shape index (κ3) is 4.10. The van der Waals surface area contributed by atoms with Crippen LogP contribution in [0.15, 0.2) is 66.9 Å². The minimum Gasteiger partial charge on any atom is -0.322 e. The van der Waals surface area contributed by atoms with E-state index < -0.39 is 0 Å². The summed E-state index contributed by atoms with van der Waals surface area (Å²) in [5.41, 5.74) is 3.71. The molecule has 25 heavy (non-hydrogen) atoms. The first-order valence-electron chi connectivity index (χ1n) is 8.16. The predicted octanol–water partition coefficient (Wildman–Crippen LogP) is 5.26. The largest absolute Gasteiger partial charge is 0.322 e. The van der Waals surface area contributed by atoms with Crippen LogP contribution in [-0.4, -0.2) is 10.9 Å². The zero-order valence-corrected chi connectivity index (χ0v) is 14.2. The lowest BCUT2D eigenvalue weighted by Gasteiger charge is -2.09. The van der Waals surface area contributed by atoms with Crippen LogP contribution in [-0.2, 0) is 0 Å². The van der Waals surface area contributed by atoms with Crippen LogP contribution >= 0.6 is 0 Å². The topological polar surface area (TPSA) is 42.0 Å². The van der Waals surface area contributed by atoms with Gasteiger partial charge < -0.3 is 5.32 Å². The van der Waals surface area contributed by atoms with E-state index in [0.717, 1.165) is 5.69 Å². The first-order valence-corrected chi connectivity index (χ1v) is 8.16. The molecule has 1 amide bonds. The van der Waals surface area contributed by atoms with Gasteiger partial charge in [-0.1, -0.05) is 38.1 Å². The van der Waals surface area contributed by atoms with Crippen molar-refractivity contribution in [3.05, 3.63) is 83.8 Å². The van der Waals surface area contributed by atoms with Crippen molar-refractivity contribution in [2.75, 3.05) is 5.32 Å². The van der Waals surface area contributed by atoms with Crippen LogP contribution in [0.4, 0.5) is 10.1 Å². The highest BCUT2D eigenvalue weighted by molar-refractivity contribution is 6.04. The van der Waals surface area contributed by atoms with Gasteiger partial charge in [-0.2, -0.15) is 0 Å². The lowest BCUT2D eigenvalue weighted by Crippen LogP contribution is -2.12. The van der Waals surface area contributed by atoms with E-state index in [1.807, 2.05) is 24.3 Å². The average molecular weight is 334 g/mol. The normalized spacial score (nSPS) is 10.7. The second-order valence-corrected chi connectivity index (χ2v) is 6.17. The number of rotatable bonds is 4. The molecule has 0 saturated carbocycles. The number of hydrogen-bond donors (Lipinski definition) is 1. The van der Waals surface area contributed by atoms with Gasteiger partial charge in [-0.15, -0.1) is 0 Å². The van der Waals surface area contributed by atoms with Crippen LogP contribution in [0.3, 0.4) is 0 Å². The summed E-state index contributed by atoms with van der Waals surface area (Å²) < 4.78 is 13.3. The van der Waals surface area contributed by atoms with Crippen molar-refractivity contribution in [1.29, 1.82) is 0 Å². The molecular weight excluding hydrogens is 315 g/mol. The molecule has 1 aromatic heterocycles. The van der Waals surface area contributed by atoms with Gasteiger partial charge in [0.05, 0.1) is 11.3 Å². The molecule has 0 aliphatic carbocycles. The summed E-state index contributed by atoms with van der Waals surface area (Å²) in [6, 6.07) is 17.4. The Hall–Kier alpha value is -3.01. The SMILES string of the molecule is CC(C)c1ccc(NC(=O)c2ccc(-c3cccc(F)c3)nc2)cc1. The van der Waals surface area contributed by atoms with Crippen LogP contribution in [0, 0.1) is 5.82 Å². The van der Waals surface area contributed by atoms with Crippen molar-refractivity contribution >= 4 is 11.6 Å². The maximum absolute atomic E-state index is 13.3. The van der Waals surface area contributed by atoms with Crippen LogP contribution in [0.2, 0.25) is 0 Å². The Morgan fingerprint density at radius 1 is 1.04 bits per heavy atom. The molecule has 3 aromatic rings. The van der Waals surface area contributed by atoms with Crippen molar-refractivity contribution < 1.29 is 9.18 Å². The molecule has 3 nitrogen and oxygen atoms in total. The summed E-state index contributed by atoms with van der Waals surface area (Å²) in [6.45, 7) is 4.25. The minimum absolute atomic E-state index is 0.226. The summed E-state index contributed by atoms with van der Waals surface area (Å²) in [7, 11) is 0. The van der Waals surface area contributed by atoms with Gasteiger partial charge in [0, 0.05) is 17.4 Å². The second-order valence-electron chi connectivity index (χ2n) is 6.17. The van der Waals surface area contributed by atoms with Gasteiger partial charge in [0.15, 0.2) is 0 Å². The monoisotopic (exact) mass is 334 g/mol. The number of benzene rings is 2. The number of pyridine rings is 1. The Kier molecular flexibility index (Phi) is 4.89. The van der Waals surface area contributed by atoms with Gasteiger partial charge in [0.1, 0.15) is 5.82 Å². The van der Waals surface area contributed by atoms with Crippen molar-refractivity contribution in [3.63, 3.8) is 0 Å². The number of aromatic nitrogens is 1. The van der Waals surface area contributed by atoms with Gasteiger partial charge in [0.2, 0.25) is 0 Å². The van der Waals surface area contributed by atoms with Gasteiger partial charge in [-0.3, -0.25) is 9.78 Å². The number of hydrogen-bond acceptors (Lipinski definition) is 2. The summed E-state index contributed by atoms with van der Waals surface area (Å²) in [5.74, 6) is -0.0918. The van der Waals surface area contributed by atoms with E-state index in [1.54, 1.807) is 24.3 Å². The highest BCUT2D eigenvalue weighted by Crippen LogP contribution is 2.20. The molecule has 0 saturated heterocycles. The fourth-order valence-corrected chi connectivity index (χ4v) is 2.50. The maximum atomic E-state index is 13.3. The maximum Gasteiger partial charge on any atom is 0.257 e. The quantitative estimate of drug-likeness (QED) is 0.707. The molecule has 0 fully saturated rings. The lowest BCUT2D eigenvalue weighted by molar-refractivity contribution is 0.102. The van der Waals surface area contributed by atoms with E-state index in [9.17, 15) is 9.18 Å². The Balaban J connectivity index is 1.72. The molecule has 0 unspecified atom stereocenters. The van der Waals surface area contributed by atoms with Crippen molar-refractivity contribution in [2.24, 2.45) is 0 Å². The third-order valence-corrected chi connectivity index (χ3v) is 3.98. The first-order chi connectivity index (χ1) is 12.0. The van der Waals surface area contributed by atoms with Gasteiger partial charge in [-0.25, -0.2) is 4.39 Å². The van der Waals surface area contributed by atoms with E-state index in [4.69, 9.17) is 0 Å². The van der Waals surface area contributed by atoms with Crippen LogP contribution in [0.25, 0.3) is 11.3 Å². The first kappa shape index (κ1) is 16.8. The lowest BCUT2D eigenvalue weighted by atomic mass is 10.0. The fourth-order valence-electron chi connectivity index (χ4n) is 2.50. The van der Waals surface area contributed by atoms with E-state index in [2.05, 4.69) is 24.1 Å². The molecular formula is C21H19FN2O. The Labute approximate surface area is 146 Å². The average Bonchev–Trinajstić information content (AvgIpc) is 2.62. The summed E-state index contributed by atoms with van der Waals surface area (Å²) in [4.78, 5) is 16.6. The molecule has 0 atom stereocenters. The second kappa shape index (κ2) is 7.26. The molecule has 3 rings (SSSR count). The zero-order valence-electron chi connectivity index (χ0n) is 14.2. The molecule has 0 bridgehead atoms. The third-order valence-electron chi connectivity index (χ3n) is 3.98. The minimum atomic E-state index is -0.314. The van der Waals surface area contributed by atoms with Crippen LogP contribution in [0.1, 0.15) is 35.7 Å². The van der Waals surface area contributed by atoms with Crippen LogP contribution < -0.4 is 5.32 Å². The molecule has 0 aliphatic heterocycles. The highest BCUT2D eigenvalue weighted by Gasteiger charge is 2.08. The molecule has 0 aliphatic rings. The van der Waals surface area contributed by atoms with E-state index in [-0.39, 0.29) is 11.7 Å². The molecule has 0 radical (unpaired) electrons. The zero-order chi connectivity index (χ0) is 17.8. The van der Waals surface area contributed by atoms with E-state index in [1.165, 1.54) is 23.9 Å². The number of nitrogens with zero attached hydrogens (tertiary/aromatic N) is 1. The standard InChI is InChI=1S/C21H19FN2O/c1-14(2)15-6-9-19(10-7-15)24-21(25)17-8-11-20(23-13-17)16-4-3-5-18(22)12-16/h3-14H,1-2H3,(H,24,25). The van der Waals surface area contributed by atoms with Gasteiger partial charge in [-0.05, 0) is 47.9 Å². The molecule has 4 heteroatoms. The number of amides is 1. The number of nitrogens with one attached hydrogen (secondary N) is 1. The number of halogens is 1. The molecule has 1 N–H and O–H groups in total. The Morgan fingerprint density at radius 2 is 1.80 bits per heavy atom. The Morgan fingerprint density at radius 3 is 2.40 bits per heavy atom. The molecule has 126 valence electrons. The molecule has 0 spiro atoms. The molecule has 2 aromatic carbocycles. The van der Waals surface area contributed by atoms with Gasteiger partial charge in [0.25, 0.3) is 5.91 Å². The number of carbonyl (C=O) groups excluding carboxylic acids is 1. The fraction of sp³-hybridized carbons (Fsp3) is 0.143.